The van der Waals surface area contributed by atoms with Crippen LogP contribution in [0.15, 0.2) is 48.7 Å². The van der Waals surface area contributed by atoms with Crippen molar-refractivity contribution in [2.45, 2.75) is 50.9 Å². The Morgan fingerprint density at radius 2 is 1.95 bits per heavy atom. The Bertz CT molecular complexity index is 1810. The maximum atomic E-state index is 13.8. The summed E-state index contributed by atoms with van der Waals surface area (Å²) in [6.45, 7) is 2.15. The van der Waals surface area contributed by atoms with Gasteiger partial charge in [-0.15, -0.1) is 0 Å². The van der Waals surface area contributed by atoms with E-state index in [1.54, 1.807) is 18.1 Å². The molecule has 8 rings (SSSR count). The highest BCUT2D eigenvalue weighted by atomic mass is 16.5. The van der Waals surface area contributed by atoms with Gasteiger partial charge < -0.3 is 24.5 Å². The van der Waals surface area contributed by atoms with E-state index in [-0.39, 0.29) is 18.0 Å². The van der Waals surface area contributed by atoms with Crippen molar-refractivity contribution in [1.29, 1.82) is 0 Å². The summed E-state index contributed by atoms with van der Waals surface area (Å²) in [6, 6.07) is 14.7. The van der Waals surface area contributed by atoms with E-state index < -0.39 is 0 Å². The first-order valence-electron chi connectivity index (χ1n) is 14.6. The molecule has 2 unspecified atom stereocenters. The molecule has 41 heavy (non-hydrogen) atoms. The number of ether oxygens (including phenoxy) is 1. The van der Waals surface area contributed by atoms with Crippen molar-refractivity contribution in [1.82, 2.24) is 34.0 Å². The lowest BCUT2D eigenvalue weighted by Crippen LogP contribution is -2.41. The Balaban J connectivity index is 1.31. The standard InChI is InChI=1S/C31H34N8O2/c1-36-33-14-22(35-36)17-39-29-23(11-21(13-27(29)41-2)31(40)38-16-20-9-10-25(38)28(20)32)34-30(39)26-12-19-5-3-4-6-24(19)37(26)15-18-7-8-18/h3-6,11-14,18,20,25,28H,7-10,15-17,32H2,1-2H3/t20?,25?,28-/m1/s1. The van der Waals surface area contributed by atoms with Crippen LogP contribution in [0.4, 0.5) is 0 Å². The van der Waals surface area contributed by atoms with Gasteiger partial charge in [0.2, 0.25) is 0 Å². The molecule has 2 aromatic carbocycles. The molecular weight excluding hydrogens is 516 g/mol. The molecule has 3 atom stereocenters. The van der Waals surface area contributed by atoms with Gasteiger partial charge in [0, 0.05) is 48.7 Å². The first-order chi connectivity index (χ1) is 20.0. The third kappa shape index (κ3) is 3.95. The second kappa shape index (κ2) is 9.17. The molecule has 210 valence electrons. The number of imidazole rings is 1. The number of benzene rings is 2. The lowest BCUT2D eigenvalue weighted by Gasteiger charge is -2.27. The van der Waals surface area contributed by atoms with E-state index in [9.17, 15) is 4.79 Å². The van der Waals surface area contributed by atoms with E-state index in [0.29, 0.717) is 29.7 Å². The zero-order valence-corrected chi connectivity index (χ0v) is 23.4. The molecule has 1 aliphatic heterocycles. The number of likely N-dealkylation sites (tertiary alicyclic amines) is 1. The van der Waals surface area contributed by atoms with Crippen molar-refractivity contribution in [2.75, 3.05) is 13.7 Å². The Morgan fingerprint density at radius 3 is 2.66 bits per heavy atom. The Morgan fingerprint density at radius 1 is 1.10 bits per heavy atom. The Hall–Kier alpha value is -4.18. The molecule has 10 heteroatoms. The minimum Gasteiger partial charge on any atom is -0.494 e. The van der Waals surface area contributed by atoms with E-state index in [2.05, 4.69) is 49.7 Å². The molecule has 0 radical (unpaired) electrons. The van der Waals surface area contributed by atoms with Crippen molar-refractivity contribution in [2.24, 2.45) is 24.6 Å². The number of rotatable bonds is 7. The highest BCUT2D eigenvalue weighted by Crippen LogP contribution is 2.40. The minimum absolute atomic E-state index is 0.000669. The smallest absolute Gasteiger partial charge is 0.254 e. The van der Waals surface area contributed by atoms with Gasteiger partial charge in [-0.1, -0.05) is 18.2 Å². The topological polar surface area (TPSA) is 109 Å². The van der Waals surface area contributed by atoms with Gasteiger partial charge in [-0.25, -0.2) is 4.98 Å². The monoisotopic (exact) mass is 550 g/mol. The number of hydrogen-bond donors (Lipinski definition) is 1. The van der Waals surface area contributed by atoms with Crippen molar-refractivity contribution in [3.05, 3.63) is 59.9 Å². The predicted octanol–water partition coefficient (Wildman–Crippen LogP) is 3.82. The van der Waals surface area contributed by atoms with Crippen molar-refractivity contribution >= 4 is 27.8 Å². The number of para-hydroxylation sites is 1. The van der Waals surface area contributed by atoms with Crippen LogP contribution in [0, 0.1) is 11.8 Å². The zero-order chi connectivity index (χ0) is 27.8. The van der Waals surface area contributed by atoms with Crippen molar-refractivity contribution < 1.29 is 9.53 Å². The van der Waals surface area contributed by atoms with Crippen LogP contribution in [0.1, 0.15) is 41.7 Å². The lowest BCUT2D eigenvalue weighted by molar-refractivity contribution is 0.0700. The highest BCUT2D eigenvalue weighted by molar-refractivity contribution is 6.00. The SMILES string of the molecule is COc1cc(C(=O)N2CC3CCC2[C@@H]3N)cc2nc(-c3cc4ccccc4n3CC3CC3)n(Cc3cnn(C)n3)c12. The fourth-order valence-corrected chi connectivity index (χ4v) is 7.08. The van der Waals surface area contributed by atoms with E-state index >= 15 is 0 Å². The Labute approximate surface area is 237 Å². The average molecular weight is 551 g/mol. The number of nitrogens with two attached hydrogens (primary N) is 1. The maximum Gasteiger partial charge on any atom is 0.254 e. The van der Waals surface area contributed by atoms with Gasteiger partial charge in [-0.3, -0.25) is 4.79 Å². The summed E-state index contributed by atoms with van der Waals surface area (Å²) in [7, 11) is 3.47. The normalized spacial score (nSPS) is 21.9. The number of carbonyl (C=O) groups excluding carboxylic acids is 1. The molecule has 4 heterocycles. The van der Waals surface area contributed by atoms with E-state index in [1.807, 2.05) is 24.1 Å². The predicted molar refractivity (Wildman–Crippen MR) is 156 cm³/mol. The van der Waals surface area contributed by atoms with Crippen LogP contribution < -0.4 is 10.5 Å². The molecule has 3 fully saturated rings. The number of piperidine rings is 1. The second-order valence-corrected chi connectivity index (χ2v) is 12.0. The van der Waals surface area contributed by atoms with Crippen LogP contribution in [0.3, 0.4) is 0 Å². The number of nitrogens with zero attached hydrogens (tertiary/aromatic N) is 7. The van der Waals surface area contributed by atoms with Crippen molar-refractivity contribution in [3.8, 4) is 17.3 Å². The number of amides is 1. The van der Waals surface area contributed by atoms with E-state index in [4.69, 9.17) is 15.5 Å². The third-order valence-electron chi connectivity index (χ3n) is 9.33. The molecule has 3 aromatic heterocycles. The number of methoxy groups -OCH3 is 1. The minimum atomic E-state index is 0.000669. The molecule has 2 bridgehead atoms. The van der Waals surface area contributed by atoms with Crippen molar-refractivity contribution in [3.63, 3.8) is 0 Å². The molecule has 0 spiro atoms. The molecule has 10 nitrogen and oxygen atoms in total. The van der Waals surface area contributed by atoms with Crippen LogP contribution >= 0.6 is 0 Å². The van der Waals surface area contributed by atoms with Gasteiger partial charge >= 0.3 is 0 Å². The lowest BCUT2D eigenvalue weighted by atomic mass is 10.1. The van der Waals surface area contributed by atoms with E-state index in [0.717, 1.165) is 54.2 Å². The molecule has 1 amide bonds. The summed E-state index contributed by atoms with van der Waals surface area (Å²) in [5.74, 6) is 2.52. The van der Waals surface area contributed by atoms with Crippen LogP contribution in [0.25, 0.3) is 33.5 Å². The van der Waals surface area contributed by atoms with Crippen LogP contribution in [-0.4, -0.2) is 65.7 Å². The molecule has 5 aromatic rings. The summed E-state index contributed by atoms with van der Waals surface area (Å²) in [5.41, 5.74) is 11.7. The summed E-state index contributed by atoms with van der Waals surface area (Å²) >= 11 is 0. The fraction of sp³-hybridized carbons (Fsp3) is 0.419. The first kappa shape index (κ1) is 24.6. The van der Waals surface area contributed by atoms with Gasteiger partial charge in [-0.2, -0.15) is 15.0 Å². The molecule has 2 saturated carbocycles. The number of aromatic nitrogens is 6. The van der Waals surface area contributed by atoms with Gasteiger partial charge in [0.05, 0.1) is 31.1 Å². The number of carbonyl (C=O) groups is 1. The summed E-state index contributed by atoms with van der Waals surface area (Å²) < 4.78 is 10.5. The number of aryl methyl sites for hydroxylation is 1. The summed E-state index contributed by atoms with van der Waals surface area (Å²) in [4.78, 5) is 22.6. The van der Waals surface area contributed by atoms with Gasteiger partial charge in [-0.05, 0) is 61.8 Å². The largest absolute Gasteiger partial charge is 0.494 e. The third-order valence-corrected chi connectivity index (χ3v) is 9.33. The fourth-order valence-electron chi connectivity index (χ4n) is 7.08. The quantitative estimate of drug-likeness (QED) is 0.330. The highest BCUT2D eigenvalue weighted by Gasteiger charge is 2.47. The number of hydrogen-bond acceptors (Lipinski definition) is 6. The van der Waals surface area contributed by atoms with Gasteiger partial charge in [0.25, 0.3) is 5.91 Å². The molecule has 1 saturated heterocycles. The number of fused-ring (bicyclic) bond motifs is 4. The molecule has 3 aliphatic rings. The average Bonchev–Trinajstić information content (AvgIpc) is 3.25. The second-order valence-electron chi connectivity index (χ2n) is 12.0. The van der Waals surface area contributed by atoms with E-state index in [1.165, 1.54) is 23.7 Å². The summed E-state index contributed by atoms with van der Waals surface area (Å²) in [6.07, 6.45) is 6.36. The van der Waals surface area contributed by atoms with Crippen LogP contribution in [-0.2, 0) is 20.1 Å². The Kier molecular flexibility index (Phi) is 5.50. The van der Waals surface area contributed by atoms with Crippen LogP contribution in [0.5, 0.6) is 5.75 Å². The molecule has 2 N–H and O–H groups in total. The molecule has 2 aliphatic carbocycles. The first-order valence-corrected chi connectivity index (χ1v) is 14.6. The summed E-state index contributed by atoms with van der Waals surface area (Å²) in [5, 5.41) is 10.1. The van der Waals surface area contributed by atoms with Crippen LogP contribution in [0.2, 0.25) is 0 Å². The molecular formula is C31H34N8O2. The van der Waals surface area contributed by atoms with Gasteiger partial charge in [0.1, 0.15) is 17.0 Å². The zero-order valence-electron chi connectivity index (χ0n) is 23.4. The van der Waals surface area contributed by atoms with Gasteiger partial charge in [0.15, 0.2) is 5.82 Å². The maximum absolute atomic E-state index is 13.8.